The number of carbonyl (C=O) groups is 1. The number of aliphatic hydroxyl groups excluding tert-OH is 11. The zero-order valence-corrected chi connectivity index (χ0v) is 57.9. The van der Waals surface area contributed by atoms with Crippen molar-refractivity contribution in [2.75, 3.05) is 26.4 Å². The van der Waals surface area contributed by atoms with Gasteiger partial charge in [0.15, 0.2) is 18.9 Å². The van der Waals surface area contributed by atoms with Crippen LogP contribution in [-0.4, -0.2) is 193 Å². The highest BCUT2D eigenvalue weighted by Gasteiger charge is 2.53. The smallest absolute Gasteiger partial charge is 0.220 e. The fraction of sp³-hybridized carbons (Fsp3) is 0.827. The van der Waals surface area contributed by atoms with Gasteiger partial charge in [0.05, 0.1) is 38.6 Å². The van der Waals surface area contributed by atoms with Crippen LogP contribution in [0.3, 0.4) is 0 Å². The molecule has 17 unspecified atom stereocenters. The van der Waals surface area contributed by atoms with Crippen LogP contribution in [0.5, 0.6) is 0 Å². The molecule has 0 aliphatic carbocycles. The van der Waals surface area contributed by atoms with Crippen molar-refractivity contribution in [1.29, 1.82) is 0 Å². The maximum Gasteiger partial charge on any atom is 0.220 e. The second kappa shape index (κ2) is 56.0. The Kier molecular flexibility index (Phi) is 50.9. The Morgan fingerprint density at radius 1 is 0.383 bits per heavy atom. The summed E-state index contributed by atoms with van der Waals surface area (Å²) in [6.07, 6.45) is 44.5. The van der Waals surface area contributed by atoms with Crippen LogP contribution in [0.15, 0.2) is 72.9 Å². The number of unbranched alkanes of at least 4 members (excludes halogenated alkanes) is 31. The van der Waals surface area contributed by atoms with E-state index in [0.29, 0.717) is 12.8 Å². The number of hydrogen-bond donors (Lipinski definition) is 12. The van der Waals surface area contributed by atoms with Crippen LogP contribution < -0.4 is 5.32 Å². The van der Waals surface area contributed by atoms with Crippen molar-refractivity contribution >= 4 is 5.91 Å². The fourth-order valence-electron chi connectivity index (χ4n) is 12.2. The highest BCUT2D eigenvalue weighted by molar-refractivity contribution is 5.76. The molecule has 3 saturated heterocycles. The minimum absolute atomic E-state index is 0.229. The normalized spacial score (nSPS) is 27.8. The van der Waals surface area contributed by atoms with Gasteiger partial charge in [0, 0.05) is 6.42 Å². The van der Waals surface area contributed by atoms with E-state index in [1.807, 2.05) is 6.08 Å². The molecular weight excluding hydrogens is 1200 g/mol. The zero-order chi connectivity index (χ0) is 68.2. The van der Waals surface area contributed by atoms with Crippen LogP contribution in [0.2, 0.25) is 0 Å². The van der Waals surface area contributed by atoms with Crippen molar-refractivity contribution < 1.29 is 89.4 Å². The van der Waals surface area contributed by atoms with Gasteiger partial charge in [-0.25, -0.2) is 0 Å². The van der Waals surface area contributed by atoms with E-state index in [4.69, 9.17) is 28.4 Å². The minimum Gasteiger partial charge on any atom is -0.394 e. The molecule has 0 aromatic rings. The number of rotatable bonds is 57. The monoisotopic (exact) mass is 1340 g/mol. The first-order chi connectivity index (χ1) is 45.8. The molecular formula is C75H133NO18. The van der Waals surface area contributed by atoms with Crippen molar-refractivity contribution in [3.05, 3.63) is 72.9 Å². The van der Waals surface area contributed by atoms with Gasteiger partial charge >= 0.3 is 0 Å². The van der Waals surface area contributed by atoms with E-state index in [2.05, 4.69) is 79.9 Å². The topological polar surface area (TPSA) is 307 Å². The molecule has 12 N–H and O–H groups in total. The number of amides is 1. The summed E-state index contributed by atoms with van der Waals surface area (Å²) in [5.41, 5.74) is 0. The van der Waals surface area contributed by atoms with E-state index in [-0.39, 0.29) is 18.9 Å². The zero-order valence-electron chi connectivity index (χ0n) is 57.9. The molecule has 94 heavy (non-hydrogen) atoms. The lowest BCUT2D eigenvalue weighted by Gasteiger charge is -2.48. The third-order valence-corrected chi connectivity index (χ3v) is 18.2. The van der Waals surface area contributed by atoms with Gasteiger partial charge in [-0.05, 0) is 83.5 Å². The molecule has 546 valence electrons. The van der Waals surface area contributed by atoms with Crippen molar-refractivity contribution in [3.8, 4) is 0 Å². The van der Waals surface area contributed by atoms with Gasteiger partial charge in [-0.15, -0.1) is 0 Å². The number of allylic oxidation sites excluding steroid dienone is 11. The number of nitrogens with one attached hydrogen (secondary N) is 1. The van der Waals surface area contributed by atoms with Gasteiger partial charge in [-0.1, -0.05) is 247 Å². The van der Waals surface area contributed by atoms with Crippen LogP contribution in [0.1, 0.15) is 264 Å². The summed E-state index contributed by atoms with van der Waals surface area (Å²) in [4.78, 5) is 13.4. The Hall–Kier alpha value is -2.77. The summed E-state index contributed by atoms with van der Waals surface area (Å²) in [5.74, 6) is -0.290. The summed E-state index contributed by atoms with van der Waals surface area (Å²) in [6, 6.07) is -1.00. The number of carbonyl (C=O) groups excluding carboxylic acids is 1. The third kappa shape index (κ3) is 36.9. The minimum atomic E-state index is -1.99. The molecule has 3 aliphatic heterocycles. The first-order valence-electron chi connectivity index (χ1n) is 37.2. The Balaban J connectivity index is 1.42. The van der Waals surface area contributed by atoms with Crippen LogP contribution in [0, 0.1) is 0 Å². The van der Waals surface area contributed by atoms with Crippen LogP contribution in [0.4, 0.5) is 0 Å². The average Bonchev–Trinajstić information content (AvgIpc) is 0.787. The Labute approximate surface area is 566 Å². The quantitative estimate of drug-likeness (QED) is 0.0199. The predicted octanol–water partition coefficient (Wildman–Crippen LogP) is 10.9. The van der Waals surface area contributed by atoms with Crippen molar-refractivity contribution in [2.45, 2.75) is 369 Å². The summed E-state index contributed by atoms with van der Waals surface area (Å²) >= 11 is 0. The lowest BCUT2D eigenvalue weighted by Crippen LogP contribution is -2.66. The molecule has 0 radical (unpaired) electrons. The van der Waals surface area contributed by atoms with Crippen molar-refractivity contribution in [3.63, 3.8) is 0 Å². The Morgan fingerprint density at radius 3 is 1.14 bits per heavy atom. The maximum atomic E-state index is 13.4. The van der Waals surface area contributed by atoms with Crippen molar-refractivity contribution in [1.82, 2.24) is 5.32 Å². The highest BCUT2D eigenvalue weighted by Crippen LogP contribution is 2.33. The van der Waals surface area contributed by atoms with Gasteiger partial charge < -0.3 is 89.9 Å². The molecule has 19 heteroatoms. The van der Waals surface area contributed by atoms with Gasteiger partial charge in [-0.3, -0.25) is 4.79 Å². The van der Waals surface area contributed by atoms with E-state index in [0.717, 1.165) is 57.8 Å². The molecule has 3 aliphatic rings. The van der Waals surface area contributed by atoms with Crippen LogP contribution in [0.25, 0.3) is 0 Å². The standard InChI is InChI=1S/C75H133NO18/c1-3-5-7-9-11-13-15-17-19-21-23-25-26-27-28-29-30-31-32-33-35-37-39-41-43-45-47-49-51-53-63(81)76-58(59(80)52-50-48-46-44-42-40-38-36-34-24-22-20-18-16-14-12-10-8-6-4-2)57-89-73-69(87)66(84)71(61(55-78)91-73)94-75-70(88)67(85)72(62(56-79)92-75)93-74-68(86)65(83)64(82)60(54-77)90-74/h15,17,21,23,26-27,34,36,42,44,50,52,58-62,64-75,77-80,82-88H,3-14,16,18-20,22,24-25,28-33,35,37-41,43,45-49,51,53-57H2,1-2H3,(H,76,81)/b17-15-,23-21-,27-26-,36-34+,44-42+,52-50+. The number of aliphatic hydroxyl groups is 11. The lowest BCUT2D eigenvalue weighted by molar-refractivity contribution is -0.379. The molecule has 0 saturated carbocycles. The van der Waals surface area contributed by atoms with Gasteiger partial charge in [0.2, 0.25) is 5.91 Å². The van der Waals surface area contributed by atoms with E-state index < -0.39 is 124 Å². The molecule has 0 aromatic carbocycles. The number of ether oxygens (including phenoxy) is 6. The fourth-order valence-corrected chi connectivity index (χ4v) is 12.2. The van der Waals surface area contributed by atoms with Gasteiger partial charge in [0.1, 0.15) is 73.2 Å². The summed E-state index contributed by atoms with van der Waals surface area (Å²) in [6.45, 7) is 1.71. The summed E-state index contributed by atoms with van der Waals surface area (Å²) in [5, 5.41) is 121. The lowest BCUT2D eigenvalue weighted by atomic mass is 9.96. The van der Waals surface area contributed by atoms with Crippen LogP contribution >= 0.6 is 0 Å². The molecule has 0 aromatic heterocycles. The largest absolute Gasteiger partial charge is 0.394 e. The Morgan fingerprint density at radius 2 is 0.713 bits per heavy atom. The molecule has 3 fully saturated rings. The van der Waals surface area contributed by atoms with E-state index in [1.54, 1.807) is 6.08 Å². The third-order valence-electron chi connectivity index (χ3n) is 18.2. The Bertz CT molecular complexity index is 1980. The first kappa shape index (κ1) is 85.5. The molecule has 0 spiro atoms. The second-order valence-electron chi connectivity index (χ2n) is 26.4. The second-order valence-corrected chi connectivity index (χ2v) is 26.4. The molecule has 0 bridgehead atoms. The van der Waals surface area contributed by atoms with Crippen LogP contribution in [-0.2, 0) is 33.2 Å². The molecule has 3 heterocycles. The van der Waals surface area contributed by atoms with Crippen molar-refractivity contribution in [2.24, 2.45) is 0 Å². The SMILES string of the molecule is CCCCCCC/C=C\C/C=C\C/C=C\CCCCCCCCCCCCCCCCC(=O)NC(COC1OC(CO)C(OC2OC(CO)C(OC3OC(CO)C(O)C(O)C3O)C(O)C2O)C(O)C1O)C(O)/C=C/CC/C=C/CC/C=C/CCCCCCCCCCCC. The molecule has 17 atom stereocenters. The van der Waals surface area contributed by atoms with Gasteiger partial charge in [-0.2, -0.15) is 0 Å². The molecule has 1 amide bonds. The summed E-state index contributed by atoms with van der Waals surface area (Å²) in [7, 11) is 0. The highest BCUT2D eigenvalue weighted by atomic mass is 16.8. The summed E-state index contributed by atoms with van der Waals surface area (Å²) < 4.78 is 34.4. The average molecular weight is 1340 g/mol. The maximum absolute atomic E-state index is 13.4. The number of hydrogen-bond acceptors (Lipinski definition) is 18. The van der Waals surface area contributed by atoms with E-state index in [1.165, 1.54) is 173 Å². The molecule has 3 rings (SSSR count). The first-order valence-corrected chi connectivity index (χ1v) is 37.2. The predicted molar refractivity (Wildman–Crippen MR) is 369 cm³/mol. The van der Waals surface area contributed by atoms with E-state index >= 15 is 0 Å². The van der Waals surface area contributed by atoms with Gasteiger partial charge in [0.25, 0.3) is 0 Å². The van der Waals surface area contributed by atoms with E-state index in [9.17, 15) is 61.0 Å². The molecule has 19 nitrogen and oxygen atoms in total.